The Hall–Kier alpha value is -1.70. The second-order valence-electron chi connectivity index (χ2n) is 3.70. The zero-order valence-corrected chi connectivity index (χ0v) is 7.54. The van der Waals surface area contributed by atoms with Crippen LogP contribution >= 0.6 is 0 Å². The Labute approximate surface area is 81.2 Å². The maximum Gasteiger partial charge on any atom is 0.187 e. The van der Waals surface area contributed by atoms with E-state index in [4.69, 9.17) is 0 Å². The number of benzene rings is 1. The summed E-state index contributed by atoms with van der Waals surface area (Å²) in [5, 5.41) is 0. The fourth-order valence-corrected chi connectivity index (χ4v) is 2.26. The zero-order valence-electron chi connectivity index (χ0n) is 7.54. The molecule has 2 bridgehead atoms. The Balaban J connectivity index is 2.42. The van der Waals surface area contributed by atoms with Crippen molar-refractivity contribution >= 4 is 11.6 Å². The van der Waals surface area contributed by atoms with Gasteiger partial charge in [0.1, 0.15) is 0 Å². The van der Waals surface area contributed by atoms with Gasteiger partial charge in [-0.3, -0.25) is 9.59 Å². The van der Waals surface area contributed by atoms with Crippen molar-refractivity contribution in [3.8, 4) is 0 Å². The molecule has 4 rings (SSSR count). The molecule has 3 aliphatic carbocycles. The van der Waals surface area contributed by atoms with Gasteiger partial charge in [-0.25, -0.2) is 0 Å². The number of hydrogen-bond donors (Lipinski definition) is 0. The highest BCUT2D eigenvalue weighted by Crippen LogP contribution is 2.30. The van der Waals surface area contributed by atoms with E-state index in [1.165, 1.54) is 12.2 Å². The molecular formula is C12H8O2. The van der Waals surface area contributed by atoms with Crippen molar-refractivity contribution in [3.63, 3.8) is 0 Å². The van der Waals surface area contributed by atoms with Crippen LogP contribution in [-0.2, 0) is 12.8 Å². The van der Waals surface area contributed by atoms with Crippen molar-refractivity contribution < 1.29 is 9.59 Å². The second-order valence-corrected chi connectivity index (χ2v) is 3.70. The minimum Gasteiger partial charge on any atom is -0.289 e. The Kier molecular flexibility index (Phi) is 1.32. The third-order valence-corrected chi connectivity index (χ3v) is 2.92. The number of hydrogen-bond acceptors (Lipinski definition) is 2. The SMILES string of the molecule is O=C1C=CC(=O)c2c3ccc(c21)CC3. The molecule has 1 aromatic rings. The van der Waals surface area contributed by atoms with Crippen LogP contribution in [0.4, 0.5) is 0 Å². The highest BCUT2D eigenvalue weighted by molar-refractivity contribution is 6.23. The average molecular weight is 184 g/mol. The predicted octanol–water partition coefficient (Wildman–Crippen LogP) is 1.72. The first-order chi connectivity index (χ1) is 6.77. The lowest BCUT2D eigenvalue weighted by atomic mass is 9.79. The average Bonchev–Trinajstić information content (AvgIpc) is 2.25. The summed E-state index contributed by atoms with van der Waals surface area (Å²) in [6.45, 7) is 0. The van der Waals surface area contributed by atoms with Crippen LogP contribution in [0.5, 0.6) is 0 Å². The first kappa shape index (κ1) is 7.68. The molecule has 1 aromatic carbocycles. The maximum absolute atomic E-state index is 11.6. The van der Waals surface area contributed by atoms with E-state index in [1.807, 2.05) is 12.1 Å². The molecule has 2 heteroatoms. The van der Waals surface area contributed by atoms with Crippen LogP contribution in [0.2, 0.25) is 0 Å². The lowest BCUT2D eigenvalue weighted by Crippen LogP contribution is -2.21. The standard InChI is InChI=1S/C12H8O2/c13-9-5-6-10(14)12-8-2-1-7(3-4-8)11(9)12/h1-2,5-6H,3-4H2. The molecule has 0 aliphatic heterocycles. The maximum atomic E-state index is 11.6. The van der Waals surface area contributed by atoms with Crippen molar-refractivity contribution in [2.45, 2.75) is 12.8 Å². The highest BCUT2D eigenvalue weighted by Gasteiger charge is 2.28. The molecule has 0 amide bonds. The molecule has 0 fully saturated rings. The van der Waals surface area contributed by atoms with Crippen molar-refractivity contribution in [2.24, 2.45) is 0 Å². The normalized spacial score (nSPS) is 17.4. The predicted molar refractivity (Wildman–Crippen MR) is 51.7 cm³/mol. The summed E-state index contributed by atoms with van der Waals surface area (Å²) in [6, 6.07) is 3.92. The van der Waals surface area contributed by atoms with Gasteiger partial charge >= 0.3 is 0 Å². The summed E-state index contributed by atoms with van der Waals surface area (Å²) < 4.78 is 0. The van der Waals surface area contributed by atoms with Gasteiger partial charge in [0.05, 0.1) is 0 Å². The highest BCUT2D eigenvalue weighted by atomic mass is 16.1. The molecule has 0 N–H and O–H groups in total. The lowest BCUT2D eigenvalue weighted by molar-refractivity contribution is 0.0991. The van der Waals surface area contributed by atoms with Crippen LogP contribution < -0.4 is 0 Å². The van der Waals surface area contributed by atoms with Gasteiger partial charge in [-0.2, -0.15) is 0 Å². The lowest BCUT2D eigenvalue weighted by Gasteiger charge is -2.22. The largest absolute Gasteiger partial charge is 0.289 e. The van der Waals surface area contributed by atoms with Gasteiger partial charge in [0.25, 0.3) is 0 Å². The molecule has 14 heavy (non-hydrogen) atoms. The molecule has 2 nitrogen and oxygen atoms in total. The van der Waals surface area contributed by atoms with E-state index >= 15 is 0 Å². The van der Waals surface area contributed by atoms with Gasteiger partial charge in [-0.1, -0.05) is 12.1 Å². The molecule has 0 heterocycles. The fourth-order valence-electron chi connectivity index (χ4n) is 2.26. The van der Waals surface area contributed by atoms with E-state index < -0.39 is 0 Å². The number of allylic oxidation sites excluding steroid dienone is 2. The topological polar surface area (TPSA) is 34.1 Å². The third kappa shape index (κ3) is 0.803. The molecule has 68 valence electrons. The van der Waals surface area contributed by atoms with Crippen LogP contribution in [0.25, 0.3) is 0 Å². The summed E-state index contributed by atoms with van der Waals surface area (Å²) in [7, 11) is 0. The van der Waals surface area contributed by atoms with Crippen molar-refractivity contribution in [1.29, 1.82) is 0 Å². The van der Waals surface area contributed by atoms with E-state index in [0.29, 0.717) is 11.1 Å². The molecule has 0 spiro atoms. The molecule has 3 aliphatic rings. The monoisotopic (exact) mass is 184 g/mol. The first-order valence-corrected chi connectivity index (χ1v) is 4.69. The minimum absolute atomic E-state index is 0.0175. The Morgan fingerprint density at radius 2 is 1.21 bits per heavy atom. The zero-order chi connectivity index (χ0) is 9.71. The van der Waals surface area contributed by atoms with Gasteiger partial charge in [0.2, 0.25) is 0 Å². The minimum atomic E-state index is -0.0175. The number of ketones is 2. The van der Waals surface area contributed by atoms with Crippen LogP contribution in [0.15, 0.2) is 24.3 Å². The molecule has 0 unspecified atom stereocenters. The second kappa shape index (κ2) is 2.41. The van der Waals surface area contributed by atoms with E-state index in [0.717, 1.165) is 24.0 Å². The van der Waals surface area contributed by atoms with Crippen LogP contribution in [0.3, 0.4) is 0 Å². The van der Waals surface area contributed by atoms with Gasteiger partial charge in [0.15, 0.2) is 11.6 Å². The van der Waals surface area contributed by atoms with Gasteiger partial charge < -0.3 is 0 Å². The number of aryl methyl sites for hydroxylation is 2. The van der Waals surface area contributed by atoms with Crippen molar-refractivity contribution in [3.05, 3.63) is 46.5 Å². The molecule has 0 aromatic heterocycles. The van der Waals surface area contributed by atoms with E-state index in [-0.39, 0.29) is 11.6 Å². The summed E-state index contributed by atoms with van der Waals surface area (Å²) >= 11 is 0. The molecule has 0 saturated heterocycles. The summed E-state index contributed by atoms with van der Waals surface area (Å²) in [5.74, 6) is -0.0349. The first-order valence-electron chi connectivity index (χ1n) is 4.69. The van der Waals surface area contributed by atoms with Crippen LogP contribution in [-0.4, -0.2) is 11.6 Å². The summed E-state index contributed by atoms with van der Waals surface area (Å²) in [5.41, 5.74) is 3.36. The van der Waals surface area contributed by atoms with Gasteiger partial charge in [-0.15, -0.1) is 0 Å². The van der Waals surface area contributed by atoms with Gasteiger partial charge in [-0.05, 0) is 36.1 Å². The number of rotatable bonds is 0. The molecule has 0 atom stereocenters. The van der Waals surface area contributed by atoms with Crippen LogP contribution in [0.1, 0.15) is 31.8 Å². The Bertz CT molecular complexity index is 450. The third-order valence-electron chi connectivity index (χ3n) is 2.92. The van der Waals surface area contributed by atoms with E-state index in [9.17, 15) is 9.59 Å². The van der Waals surface area contributed by atoms with Crippen molar-refractivity contribution in [1.82, 2.24) is 0 Å². The summed E-state index contributed by atoms with van der Waals surface area (Å²) in [6.07, 6.45) is 4.56. The van der Waals surface area contributed by atoms with Gasteiger partial charge in [0, 0.05) is 11.1 Å². The quantitative estimate of drug-likeness (QED) is 0.615. The Morgan fingerprint density at radius 1 is 0.786 bits per heavy atom. The number of fused-ring (bicyclic) bond motifs is 2. The van der Waals surface area contributed by atoms with Crippen molar-refractivity contribution in [2.75, 3.05) is 0 Å². The smallest absolute Gasteiger partial charge is 0.187 e. The van der Waals surface area contributed by atoms with Crippen LogP contribution in [0, 0.1) is 0 Å². The number of carbonyl (C=O) groups is 2. The fraction of sp³-hybridized carbons (Fsp3) is 0.167. The molecular weight excluding hydrogens is 176 g/mol. The summed E-state index contributed by atoms with van der Waals surface area (Å²) in [4.78, 5) is 23.2. The van der Waals surface area contributed by atoms with E-state index in [1.54, 1.807) is 0 Å². The Morgan fingerprint density at radius 3 is 1.57 bits per heavy atom. The van der Waals surface area contributed by atoms with E-state index in [2.05, 4.69) is 0 Å². The molecule has 0 saturated carbocycles. The number of carbonyl (C=O) groups excluding carboxylic acids is 2. The molecule has 0 radical (unpaired) electrons.